The van der Waals surface area contributed by atoms with E-state index in [4.69, 9.17) is 4.74 Å². The Bertz CT molecular complexity index is 676. The Hall–Kier alpha value is -1.91. The third kappa shape index (κ3) is 2.98. The van der Waals surface area contributed by atoms with Gasteiger partial charge in [-0.15, -0.1) is 0 Å². The number of carbonyl (C=O) groups is 1. The van der Waals surface area contributed by atoms with Crippen molar-refractivity contribution in [3.8, 4) is 5.75 Å². The number of methoxy groups -OCH3 is 1. The fourth-order valence-corrected chi connectivity index (χ4v) is 2.99. The van der Waals surface area contributed by atoms with Crippen LogP contribution in [0.15, 0.2) is 36.4 Å². The summed E-state index contributed by atoms with van der Waals surface area (Å²) < 4.78 is 5.40. The molecule has 0 radical (unpaired) electrons. The summed E-state index contributed by atoms with van der Waals surface area (Å²) in [4.78, 5) is 17.2. The van der Waals surface area contributed by atoms with Crippen LogP contribution in [-0.2, 0) is 0 Å². The van der Waals surface area contributed by atoms with Gasteiger partial charge in [-0.05, 0) is 24.6 Å². The summed E-state index contributed by atoms with van der Waals surface area (Å²) in [6, 6.07) is 11.7. The Labute approximate surface area is 131 Å². The van der Waals surface area contributed by atoms with Gasteiger partial charge in [-0.3, -0.25) is 9.69 Å². The summed E-state index contributed by atoms with van der Waals surface area (Å²) in [7, 11) is 3.78. The molecule has 22 heavy (non-hydrogen) atoms. The number of Topliss-reactive ketones (excluding diaryl/α,β-unsaturated/α-hetero) is 1. The van der Waals surface area contributed by atoms with Crippen LogP contribution in [-0.4, -0.2) is 62.5 Å². The molecule has 0 aliphatic carbocycles. The number of ketones is 1. The minimum Gasteiger partial charge on any atom is -0.496 e. The Kier molecular flexibility index (Phi) is 4.41. The van der Waals surface area contributed by atoms with Crippen molar-refractivity contribution >= 4 is 16.6 Å². The van der Waals surface area contributed by atoms with Gasteiger partial charge in [0.15, 0.2) is 5.78 Å². The largest absolute Gasteiger partial charge is 0.496 e. The minimum absolute atomic E-state index is 0.184. The van der Waals surface area contributed by atoms with Gasteiger partial charge in [-0.25, -0.2) is 0 Å². The Morgan fingerprint density at radius 2 is 1.73 bits per heavy atom. The average molecular weight is 298 g/mol. The van der Waals surface area contributed by atoms with Crippen molar-refractivity contribution in [2.75, 3.05) is 46.9 Å². The summed E-state index contributed by atoms with van der Waals surface area (Å²) in [6.07, 6.45) is 0. The molecule has 1 saturated heterocycles. The number of hydrogen-bond donors (Lipinski definition) is 0. The fraction of sp³-hybridized carbons (Fsp3) is 0.389. The predicted octanol–water partition coefficient (Wildman–Crippen LogP) is 2.28. The molecule has 1 fully saturated rings. The highest BCUT2D eigenvalue weighted by Crippen LogP contribution is 2.28. The first-order chi connectivity index (χ1) is 10.7. The molecule has 1 aliphatic rings. The van der Waals surface area contributed by atoms with Crippen LogP contribution < -0.4 is 4.74 Å². The van der Waals surface area contributed by atoms with Gasteiger partial charge in [0.05, 0.1) is 13.7 Å². The van der Waals surface area contributed by atoms with Gasteiger partial charge in [-0.2, -0.15) is 0 Å². The lowest BCUT2D eigenvalue weighted by Crippen LogP contribution is -2.46. The van der Waals surface area contributed by atoms with E-state index >= 15 is 0 Å². The molecule has 3 rings (SSSR count). The lowest BCUT2D eigenvalue weighted by atomic mass is 10.00. The third-order valence-electron chi connectivity index (χ3n) is 4.37. The van der Waals surface area contributed by atoms with Crippen LogP contribution in [0.4, 0.5) is 0 Å². The maximum absolute atomic E-state index is 12.7. The molecular weight excluding hydrogens is 276 g/mol. The van der Waals surface area contributed by atoms with E-state index in [9.17, 15) is 4.79 Å². The van der Waals surface area contributed by atoms with E-state index in [1.807, 2.05) is 36.4 Å². The number of nitrogens with zero attached hydrogens (tertiary/aromatic N) is 2. The smallest absolute Gasteiger partial charge is 0.177 e. The van der Waals surface area contributed by atoms with E-state index in [-0.39, 0.29) is 5.78 Å². The topological polar surface area (TPSA) is 32.8 Å². The molecule has 0 N–H and O–H groups in total. The van der Waals surface area contributed by atoms with Crippen LogP contribution in [0.2, 0.25) is 0 Å². The Balaban J connectivity index is 1.85. The van der Waals surface area contributed by atoms with Crippen LogP contribution in [0.1, 0.15) is 10.4 Å². The number of fused-ring (bicyclic) bond motifs is 1. The van der Waals surface area contributed by atoms with Crippen molar-refractivity contribution in [1.29, 1.82) is 0 Å². The highest BCUT2D eigenvalue weighted by Gasteiger charge is 2.19. The quantitative estimate of drug-likeness (QED) is 0.811. The zero-order valence-electron chi connectivity index (χ0n) is 13.2. The summed E-state index contributed by atoms with van der Waals surface area (Å²) in [6.45, 7) is 4.45. The van der Waals surface area contributed by atoms with Gasteiger partial charge in [0.2, 0.25) is 0 Å². The number of hydrogen-bond acceptors (Lipinski definition) is 4. The lowest BCUT2D eigenvalue weighted by Gasteiger charge is -2.31. The van der Waals surface area contributed by atoms with Crippen molar-refractivity contribution in [3.63, 3.8) is 0 Å². The van der Waals surface area contributed by atoms with E-state index in [1.165, 1.54) is 0 Å². The number of benzene rings is 2. The molecule has 4 nitrogen and oxygen atoms in total. The second-order valence-corrected chi connectivity index (χ2v) is 5.86. The predicted molar refractivity (Wildman–Crippen MR) is 88.8 cm³/mol. The maximum atomic E-state index is 12.7. The van der Waals surface area contributed by atoms with Gasteiger partial charge >= 0.3 is 0 Å². The van der Waals surface area contributed by atoms with Gasteiger partial charge in [0.25, 0.3) is 0 Å². The van der Waals surface area contributed by atoms with E-state index < -0.39 is 0 Å². The molecule has 1 aliphatic heterocycles. The monoisotopic (exact) mass is 298 g/mol. The molecule has 0 bridgehead atoms. The molecule has 0 atom stereocenters. The second-order valence-electron chi connectivity index (χ2n) is 5.86. The van der Waals surface area contributed by atoms with Gasteiger partial charge in [0, 0.05) is 37.1 Å². The maximum Gasteiger partial charge on any atom is 0.177 e. The standard InChI is InChI=1S/C18H22N2O2/c1-19-9-11-20(12-10-19)13-17(21)15-7-8-18(22-2)16-6-4-3-5-14(15)16/h3-8H,9-13H2,1-2H3. The van der Waals surface area contributed by atoms with Crippen molar-refractivity contribution in [2.24, 2.45) is 0 Å². The molecule has 4 heteroatoms. The molecule has 2 aromatic carbocycles. The van der Waals surface area contributed by atoms with Crippen LogP contribution in [0.5, 0.6) is 5.75 Å². The van der Waals surface area contributed by atoms with Crippen molar-refractivity contribution < 1.29 is 9.53 Å². The van der Waals surface area contributed by atoms with Gasteiger partial charge < -0.3 is 9.64 Å². The van der Waals surface area contributed by atoms with Crippen LogP contribution in [0.25, 0.3) is 10.8 Å². The van der Waals surface area contributed by atoms with E-state index in [1.54, 1.807) is 7.11 Å². The number of ether oxygens (including phenoxy) is 1. The van der Waals surface area contributed by atoms with Gasteiger partial charge in [-0.1, -0.05) is 24.3 Å². The Morgan fingerprint density at radius 1 is 1.05 bits per heavy atom. The highest BCUT2D eigenvalue weighted by atomic mass is 16.5. The first-order valence-electron chi connectivity index (χ1n) is 7.69. The van der Waals surface area contributed by atoms with E-state index in [0.717, 1.165) is 48.3 Å². The van der Waals surface area contributed by atoms with Crippen molar-refractivity contribution in [3.05, 3.63) is 42.0 Å². The highest BCUT2D eigenvalue weighted by molar-refractivity contribution is 6.10. The molecule has 0 amide bonds. The number of carbonyl (C=O) groups excluding carboxylic acids is 1. The molecule has 0 aromatic heterocycles. The zero-order valence-corrected chi connectivity index (χ0v) is 13.2. The zero-order chi connectivity index (χ0) is 15.5. The van der Waals surface area contributed by atoms with Crippen LogP contribution in [0.3, 0.4) is 0 Å². The molecular formula is C18H22N2O2. The normalized spacial score (nSPS) is 16.8. The molecule has 116 valence electrons. The summed E-state index contributed by atoms with van der Waals surface area (Å²) in [5, 5.41) is 1.97. The molecule has 0 spiro atoms. The van der Waals surface area contributed by atoms with Crippen molar-refractivity contribution in [2.45, 2.75) is 0 Å². The molecule has 0 saturated carbocycles. The summed E-state index contributed by atoms with van der Waals surface area (Å²) in [5.41, 5.74) is 0.787. The molecule has 0 unspecified atom stereocenters. The first kappa shape index (κ1) is 15.0. The number of piperazine rings is 1. The van der Waals surface area contributed by atoms with Crippen LogP contribution >= 0.6 is 0 Å². The third-order valence-corrected chi connectivity index (χ3v) is 4.37. The number of likely N-dealkylation sites (N-methyl/N-ethyl adjacent to an activating group) is 1. The van der Waals surface area contributed by atoms with E-state index in [2.05, 4.69) is 16.8 Å². The molecule has 2 aromatic rings. The fourth-order valence-electron chi connectivity index (χ4n) is 2.99. The molecule has 1 heterocycles. The van der Waals surface area contributed by atoms with Gasteiger partial charge in [0.1, 0.15) is 5.75 Å². The average Bonchev–Trinajstić information content (AvgIpc) is 2.56. The van der Waals surface area contributed by atoms with E-state index in [0.29, 0.717) is 6.54 Å². The summed E-state index contributed by atoms with van der Waals surface area (Å²) in [5.74, 6) is 0.996. The SMILES string of the molecule is COc1ccc(C(=O)CN2CCN(C)CC2)c2ccccc12. The Morgan fingerprint density at radius 3 is 2.41 bits per heavy atom. The number of rotatable bonds is 4. The second kappa shape index (κ2) is 6.46. The lowest BCUT2D eigenvalue weighted by molar-refractivity contribution is 0.0878. The minimum atomic E-state index is 0.184. The van der Waals surface area contributed by atoms with Crippen LogP contribution in [0, 0.1) is 0 Å². The summed E-state index contributed by atoms with van der Waals surface area (Å²) >= 11 is 0. The first-order valence-corrected chi connectivity index (χ1v) is 7.69. The van der Waals surface area contributed by atoms with Crippen molar-refractivity contribution in [1.82, 2.24) is 9.80 Å².